The summed E-state index contributed by atoms with van der Waals surface area (Å²) in [4.78, 5) is 28.4. The number of aryl methyl sites for hydroxylation is 1. The minimum atomic E-state index is -0.407. The number of thiophene rings is 1. The summed E-state index contributed by atoms with van der Waals surface area (Å²) in [6.07, 6.45) is 2.74. The van der Waals surface area contributed by atoms with Crippen LogP contribution in [0.25, 0.3) is 10.2 Å². The van der Waals surface area contributed by atoms with Crippen LogP contribution in [0.4, 0.5) is 10.3 Å². The van der Waals surface area contributed by atoms with Crippen molar-refractivity contribution in [3.63, 3.8) is 0 Å². The third-order valence-electron chi connectivity index (χ3n) is 4.47. The van der Waals surface area contributed by atoms with Gasteiger partial charge in [0.15, 0.2) is 5.69 Å². The van der Waals surface area contributed by atoms with E-state index in [1.54, 1.807) is 11.1 Å². The molecular weight excluding hydrogens is 367 g/mol. The molecule has 1 unspecified atom stereocenters. The van der Waals surface area contributed by atoms with Gasteiger partial charge >= 0.3 is 0 Å². The summed E-state index contributed by atoms with van der Waals surface area (Å²) in [6.45, 7) is 4.89. The monoisotopic (exact) mass is 386 g/mol. The van der Waals surface area contributed by atoms with Crippen LogP contribution in [0, 0.1) is 12.7 Å². The van der Waals surface area contributed by atoms with Crippen molar-refractivity contribution in [1.29, 1.82) is 0 Å². The Balaban J connectivity index is 1.68. The lowest BCUT2D eigenvalue weighted by atomic mass is 10.1. The van der Waals surface area contributed by atoms with Gasteiger partial charge in [0.2, 0.25) is 5.95 Å². The highest BCUT2D eigenvalue weighted by atomic mass is 32.1. The topological polar surface area (TPSA) is 97.0 Å². The normalized spacial score (nSPS) is 15.6. The van der Waals surface area contributed by atoms with Crippen LogP contribution in [0.15, 0.2) is 24.5 Å². The van der Waals surface area contributed by atoms with E-state index in [4.69, 9.17) is 5.73 Å². The maximum absolute atomic E-state index is 13.4. The third kappa shape index (κ3) is 3.47. The van der Waals surface area contributed by atoms with Gasteiger partial charge in [0, 0.05) is 30.2 Å². The lowest BCUT2D eigenvalue weighted by Crippen LogP contribution is -2.58. The molecule has 0 spiro atoms. The molecule has 1 aliphatic heterocycles. The van der Waals surface area contributed by atoms with E-state index in [0.29, 0.717) is 35.8 Å². The Kier molecular flexibility index (Phi) is 4.48. The first-order chi connectivity index (χ1) is 12.9. The SMILES string of the molecule is Cc1cc2nc(NC(C)c3cncc(F)c3)nc(C(=O)N3CC(N)C3)c2s1. The second-order valence-corrected chi connectivity index (χ2v) is 8.00. The van der Waals surface area contributed by atoms with Gasteiger partial charge in [-0.3, -0.25) is 9.78 Å². The number of fused-ring (bicyclic) bond motifs is 1. The van der Waals surface area contributed by atoms with Crippen LogP contribution in [0.5, 0.6) is 0 Å². The van der Waals surface area contributed by atoms with E-state index in [0.717, 1.165) is 15.8 Å². The van der Waals surface area contributed by atoms with Gasteiger partial charge in [-0.25, -0.2) is 14.4 Å². The molecule has 0 aromatic carbocycles. The third-order valence-corrected chi connectivity index (χ3v) is 5.51. The molecule has 3 N–H and O–H groups in total. The number of rotatable bonds is 4. The molecule has 1 saturated heterocycles. The number of halogens is 1. The van der Waals surface area contributed by atoms with Gasteiger partial charge in [-0.05, 0) is 31.5 Å². The number of nitrogens with zero attached hydrogens (tertiary/aromatic N) is 4. The van der Waals surface area contributed by atoms with Crippen LogP contribution in [0.2, 0.25) is 0 Å². The maximum Gasteiger partial charge on any atom is 0.274 e. The van der Waals surface area contributed by atoms with Gasteiger partial charge in [-0.1, -0.05) is 0 Å². The van der Waals surface area contributed by atoms with Crippen LogP contribution < -0.4 is 11.1 Å². The molecule has 140 valence electrons. The molecule has 1 aliphatic rings. The summed E-state index contributed by atoms with van der Waals surface area (Å²) in [5, 5.41) is 3.15. The van der Waals surface area contributed by atoms with E-state index >= 15 is 0 Å². The number of nitrogens with two attached hydrogens (primary N) is 1. The number of nitrogens with one attached hydrogen (secondary N) is 1. The number of hydrogen-bond acceptors (Lipinski definition) is 7. The van der Waals surface area contributed by atoms with E-state index in [9.17, 15) is 9.18 Å². The number of amides is 1. The number of aromatic nitrogens is 3. The molecule has 0 aliphatic carbocycles. The molecule has 27 heavy (non-hydrogen) atoms. The molecular formula is C18H19FN6OS. The average molecular weight is 386 g/mol. The first kappa shape index (κ1) is 17.7. The van der Waals surface area contributed by atoms with Crippen molar-refractivity contribution in [2.75, 3.05) is 18.4 Å². The van der Waals surface area contributed by atoms with Crippen LogP contribution in [0.1, 0.15) is 33.9 Å². The predicted molar refractivity (Wildman–Crippen MR) is 102 cm³/mol. The minimum Gasteiger partial charge on any atom is -0.348 e. The number of carbonyl (C=O) groups excluding carboxylic acids is 1. The fraction of sp³-hybridized carbons (Fsp3) is 0.333. The Morgan fingerprint density at radius 1 is 1.37 bits per heavy atom. The van der Waals surface area contributed by atoms with Crippen molar-refractivity contribution in [2.24, 2.45) is 5.73 Å². The highest BCUT2D eigenvalue weighted by Gasteiger charge is 2.31. The molecule has 9 heteroatoms. The highest BCUT2D eigenvalue weighted by Crippen LogP contribution is 2.29. The Hall–Kier alpha value is -2.65. The fourth-order valence-corrected chi connectivity index (χ4v) is 3.96. The average Bonchev–Trinajstić information content (AvgIpc) is 2.97. The molecule has 7 nitrogen and oxygen atoms in total. The Bertz CT molecular complexity index is 1020. The second-order valence-electron chi connectivity index (χ2n) is 6.74. The fourth-order valence-electron chi connectivity index (χ4n) is 3.03. The lowest BCUT2D eigenvalue weighted by molar-refractivity contribution is 0.0604. The molecule has 4 rings (SSSR count). The van der Waals surface area contributed by atoms with E-state index < -0.39 is 5.82 Å². The summed E-state index contributed by atoms with van der Waals surface area (Å²) in [6, 6.07) is 3.09. The molecule has 1 atom stereocenters. The maximum atomic E-state index is 13.4. The molecule has 0 bridgehead atoms. The van der Waals surface area contributed by atoms with Crippen molar-refractivity contribution in [3.8, 4) is 0 Å². The summed E-state index contributed by atoms with van der Waals surface area (Å²) < 4.78 is 14.2. The van der Waals surface area contributed by atoms with Gasteiger partial charge < -0.3 is 16.0 Å². The minimum absolute atomic E-state index is 0.0226. The van der Waals surface area contributed by atoms with Crippen molar-refractivity contribution < 1.29 is 9.18 Å². The second kappa shape index (κ2) is 6.82. The van der Waals surface area contributed by atoms with Gasteiger partial charge in [0.1, 0.15) is 5.82 Å². The number of carbonyl (C=O) groups is 1. The Morgan fingerprint density at radius 3 is 2.85 bits per heavy atom. The van der Waals surface area contributed by atoms with Gasteiger partial charge in [0.05, 0.1) is 22.5 Å². The van der Waals surface area contributed by atoms with E-state index in [1.807, 2.05) is 19.9 Å². The molecule has 1 amide bonds. The Morgan fingerprint density at radius 2 is 2.15 bits per heavy atom. The van der Waals surface area contributed by atoms with Crippen molar-refractivity contribution >= 4 is 33.4 Å². The zero-order chi connectivity index (χ0) is 19.1. The number of hydrogen-bond donors (Lipinski definition) is 2. The van der Waals surface area contributed by atoms with E-state index in [1.165, 1.54) is 17.4 Å². The summed E-state index contributed by atoms with van der Waals surface area (Å²) in [7, 11) is 0. The zero-order valence-electron chi connectivity index (χ0n) is 14.9. The smallest absolute Gasteiger partial charge is 0.274 e. The molecule has 0 radical (unpaired) electrons. The highest BCUT2D eigenvalue weighted by molar-refractivity contribution is 7.19. The van der Waals surface area contributed by atoms with Crippen LogP contribution >= 0.6 is 11.3 Å². The van der Waals surface area contributed by atoms with Gasteiger partial charge in [-0.15, -0.1) is 11.3 Å². The van der Waals surface area contributed by atoms with Crippen LogP contribution in [0.3, 0.4) is 0 Å². The summed E-state index contributed by atoms with van der Waals surface area (Å²) in [5.74, 6) is -0.227. The number of anilines is 1. The molecule has 3 aromatic heterocycles. The first-order valence-corrected chi connectivity index (χ1v) is 9.42. The molecule has 4 heterocycles. The Labute approximate surface area is 159 Å². The quantitative estimate of drug-likeness (QED) is 0.715. The first-order valence-electron chi connectivity index (χ1n) is 8.60. The summed E-state index contributed by atoms with van der Waals surface area (Å²) >= 11 is 1.49. The molecule has 1 fully saturated rings. The zero-order valence-corrected chi connectivity index (χ0v) is 15.8. The van der Waals surface area contributed by atoms with E-state index in [2.05, 4.69) is 20.3 Å². The van der Waals surface area contributed by atoms with E-state index in [-0.39, 0.29) is 18.0 Å². The van der Waals surface area contributed by atoms with Crippen LogP contribution in [-0.4, -0.2) is 44.9 Å². The predicted octanol–water partition coefficient (Wildman–Crippen LogP) is 2.49. The van der Waals surface area contributed by atoms with Crippen molar-refractivity contribution in [1.82, 2.24) is 19.9 Å². The number of likely N-dealkylation sites (tertiary alicyclic amines) is 1. The molecule has 3 aromatic rings. The largest absolute Gasteiger partial charge is 0.348 e. The van der Waals surface area contributed by atoms with Crippen LogP contribution in [-0.2, 0) is 0 Å². The lowest BCUT2D eigenvalue weighted by Gasteiger charge is -2.36. The van der Waals surface area contributed by atoms with Crippen molar-refractivity contribution in [3.05, 3.63) is 46.5 Å². The van der Waals surface area contributed by atoms with Gasteiger partial charge in [-0.2, -0.15) is 0 Å². The van der Waals surface area contributed by atoms with Crippen molar-refractivity contribution in [2.45, 2.75) is 25.9 Å². The van der Waals surface area contributed by atoms with Gasteiger partial charge in [0.25, 0.3) is 5.91 Å². The molecule has 0 saturated carbocycles. The standard InChI is InChI=1S/C18H19FN6OS/c1-9-3-14-16(27-9)15(17(26)25-7-13(20)8-25)24-18(23-14)22-10(2)11-4-12(19)6-21-5-11/h3-6,10,13H,7-8,20H2,1-2H3,(H,22,23,24). The number of pyridine rings is 1. The summed E-state index contributed by atoms with van der Waals surface area (Å²) in [5.41, 5.74) is 7.56.